The van der Waals surface area contributed by atoms with Gasteiger partial charge >= 0.3 is 0 Å². The molecule has 1 aromatic carbocycles. The average molecular weight is 258 g/mol. The molecule has 2 heteroatoms. The number of para-hydroxylation sites is 1. The van der Waals surface area contributed by atoms with E-state index in [2.05, 4.69) is 37.1 Å². The molecule has 3 atom stereocenters. The van der Waals surface area contributed by atoms with Gasteiger partial charge in [0.05, 0.1) is 0 Å². The number of benzene rings is 1. The van der Waals surface area contributed by atoms with E-state index < -0.39 is 0 Å². The smallest absolute Gasteiger partial charge is 0.0438 e. The topological polar surface area (TPSA) is 29.3 Å². The van der Waals surface area contributed by atoms with Gasteiger partial charge in [0.15, 0.2) is 0 Å². The minimum atomic E-state index is 0.637. The van der Waals surface area contributed by atoms with E-state index in [4.69, 9.17) is 5.73 Å². The number of rotatable bonds is 4. The predicted molar refractivity (Wildman–Crippen MR) is 81.3 cm³/mol. The molecule has 0 radical (unpaired) electrons. The van der Waals surface area contributed by atoms with Crippen LogP contribution in [0.1, 0.15) is 36.8 Å². The molecule has 2 aliphatic rings. The molecule has 2 fully saturated rings. The molecular weight excluding hydrogens is 232 g/mol. The molecule has 104 valence electrons. The van der Waals surface area contributed by atoms with Crippen LogP contribution in [0.25, 0.3) is 0 Å². The first-order chi connectivity index (χ1) is 9.19. The summed E-state index contributed by atoms with van der Waals surface area (Å²) in [7, 11) is 2.24. The molecule has 2 bridgehead atoms. The Morgan fingerprint density at radius 1 is 1.26 bits per heavy atom. The van der Waals surface area contributed by atoms with Crippen LogP contribution in [-0.4, -0.2) is 13.6 Å². The fourth-order valence-corrected chi connectivity index (χ4v) is 4.47. The zero-order chi connectivity index (χ0) is 13.4. The highest BCUT2D eigenvalue weighted by molar-refractivity contribution is 5.59. The lowest BCUT2D eigenvalue weighted by molar-refractivity contribution is 0.337. The summed E-state index contributed by atoms with van der Waals surface area (Å²) in [6.45, 7) is 4.04. The summed E-state index contributed by atoms with van der Waals surface area (Å²) >= 11 is 0. The van der Waals surface area contributed by atoms with E-state index in [-0.39, 0.29) is 0 Å². The summed E-state index contributed by atoms with van der Waals surface area (Å²) in [5.74, 6) is 2.95. The third-order valence-corrected chi connectivity index (χ3v) is 5.32. The Balaban J connectivity index is 1.75. The second-order valence-electron chi connectivity index (χ2n) is 6.60. The number of hydrogen-bond donors (Lipinski definition) is 1. The Bertz CT molecular complexity index is 455. The van der Waals surface area contributed by atoms with E-state index >= 15 is 0 Å². The molecule has 2 aliphatic carbocycles. The van der Waals surface area contributed by atoms with Gasteiger partial charge in [-0.15, -0.1) is 0 Å². The summed E-state index contributed by atoms with van der Waals surface area (Å²) in [6.07, 6.45) is 5.92. The third kappa shape index (κ3) is 2.38. The quantitative estimate of drug-likeness (QED) is 0.897. The highest BCUT2D eigenvalue weighted by atomic mass is 15.1. The molecule has 19 heavy (non-hydrogen) atoms. The van der Waals surface area contributed by atoms with Crippen molar-refractivity contribution in [3.63, 3.8) is 0 Å². The Morgan fingerprint density at radius 3 is 2.74 bits per heavy atom. The molecular formula is C17H26N2. The molecule has 3 rings (SSSR count). The molecule has 0 aliphatic heterocycles. The predicted octanol–water partition coefficient (Wildman–Crippen LogP) is 3.33. The Morgan fingerprint density at radius 2 is 2.11 bits per heavy atom. The lowest BCUT2D eigenvalue weighted by Gasteiger charge is -2.31. The largest absolute Gasteiger partial charge is 0.374 e. The van der Waals surface area contributed by atoms with Crippen LogP contribution in [0.15, 0.2) is 18.2 Å². The lowest BCUT2D eigenvalue weighted by Crippen LogP contribution is -2.30. The normalized spacial score (nSPS) is 28.9. The lowest BCUT2D eigenvalue weighted by atomic mass is 9.88. The van der Waals surface area contributed by atoms with E-state index in [1.165, 1.54) is 49.0 Å². The maximum atomic E-state index is 5.90. The summed E-state index contributed by atoms with van der Waals surface area (Å²) < 4.78 is 0. The highest BCUT2D eigenvalue weighted by Gasteiger charge is 2.39. The summed E-state index contributed by atoms with van der Waals surface area (Å²) in [6, 6.07) is 6.48. The number of nitrogens with zero attached hydrogens (tertiary/aromatic N) is 1. The van der Waals surface area contributed by atoms with E-state index in [9.17, 15) is 0 Å². The van der Waals surface area contributed by atoms with Crippen LogP contribution in [0.2, 0.25) is 0 Å². The van der Waals surface area contributed by atoms with Crippen molar-refractivity contribution in [3.05, 3.63) is 29.3 Å². The van der Waals surface area contributed by atoms with Crippen molar-refractivity contribution in [1.82, 2.24) is 0 Å². The Kier molecular flexibility index (Phi) is 3.53. The van der Waals surface area contributed by atoms with Crippen molar-refractivity contribution >= 4 is 5.69 Å². The molecule has 2 saturated carbocycles. The molecule has 3 unspecified atom stereocenters. The molecule has 1 aromatic rings. The van der Waals surface area contributed by atoms with Crippen LogP contribution in [0.3, 0.4) is 0 Å². The van der Waals surface area contributed by atoms with E-state index in [0.717, 1.165) is 17.8 Å². The maximum absolute atomic E-state index is 5.90. The van der Waals surface area contributed by atoms with Crippen molar-refractivity contribution in [3.8, 4) is 0 Å². The van der Waals surface area contributed by atoms with E-state index in [1.54, 1.807) is 0 Å². The monoisotopic (exact) mass is 258 g/mol. The van der Waals surface area contributed by atoms with Gasteiger partial charge in [0.1, 0.15) is 0 Å². The first-order valence-corrected chi connectivity index (χ1v) is 7.68. The molecule has 0 amide bonds. The zero-order valence-corrected chi connectivity index (χ0v) is 12.2. The first-order valence-electron chi connectivity index (χ1n) is 7.68. The Labute approximate surface area is 117 Å². The van der Waals surface area contributed by atoms with Crippen molar-refractivity contribution in [2.75, 3.05) is 18.5 Å². The van der Waals surface area contributed by atoms with Crippen LogP contribution in [0.5, 0.6) is 0 Å². The average Bonchev–Trinajstić information content (AvgIpc) is 3.00. The molecule has 0 aromatic heterocycles. The van der Waals surface area contributed by atoms with Crippen molar-refractivity contribution < 1.29 is 0 Å². The van der Waals surface area contributed by atoms with E-state index in [0.29, 0.717) is 6.54 Å². The van der Waals surface area contributed by atoms with Crippen LogP contribution in [-0.2, 0) is 6.54 Å². The summed E-state index contributed by atoms with van der Waals surface area (Å²) in [5.41, 5.74) is 9.91. The van der Waals surface area contributed by atoms with Crippen LogP contribution in [0.4, 0.5) is 5.69 Å². The molecule has 0 saturated heterocycles. The van der Waals surface area contributed by atoms with Crippen molar-refractivity contribution in [2.45, 2.75) is 39.2 Å². The molecule has 2 N–H and O–H groups in total. The SMILES string of the molecule is Cc1cccc(CN)c1N(C)CC1CC2CCC1C2. The van der Waals surface area contributed by atoms with Crippen LogP contribution < -0.4 is 10.6 Å². The zero-order valence-electron chi connectivity index (χ0n) is 12.2. The van der Waals surface area contributed by atoms with Crippen LogP contribution in [0, 0.1) is 24.7 Å². The molecule has 0 heterocycles. The van der Waals surface area contributed by atoms with E-state index in [1.807, 2.05) is 0 Å². The van der Waals surface area contributed by atoms with Crippen molar-refractivity contribution in [2.24, 2.45) is 23.5 Å². The summed E-state index contributed by atoms with van der Waals surface area (Å²) in [4.78, 5) is 2.46. The number of hydrogen-bond acceptors (Lipinski definition) is 2. The number of aryl methyl sites for hydroxylation is 1. The second-order valence-corrected chi connectivity index (χ2v) is 6.60. The minimum absolute atomic E-state index is 0.637. The highest BCUT2D eigenvalue weighted by Crippen LogP contribution is 2.48. The summed E-state index contributed by atoms with van der Waals surface area (Å²) in [5, 5.41) is 0. The van der Waals surface area contributed by atoms with Gasteiger partial charge in [0.2, 0.25) is 0 Å². The van der Waals surface area contributed by atoms with Gasteiger partial charge in [-0.3, -0.25) is 0 Å². The van der Waals surface area contributed by atoms with Gasteiger partial charge in [0.25, 0.3) is 0 Å². The van der Waals surface area contributed by atoms with Gasteiger partial charge in [-0.2, -0.15) is 0 Å². The molecule has 2 nitrogen and oxygen atoms in total. The maximum Gasteiger partial charge on any atom is 0.0438 e. The van der Waals surface area contributed by atoms with Gasteiger partial charge in [0, 0.05) is 25.8 Å². The fraction of sp³-hybridized carbons (Fsp3) is 0.647. The first kappa shape index (κ1) is 13.0. The second kappa shape index (κ2) is 5.16. The Hall–Kier alpha value is -1.02. The van der Waals surface area contributed by atoms with Gasteiger partial charge < -0.3 is 10.6 Å². The van der Waals surface area contributed by atoms with Gasteiger partial charge in [-0.25, -0.2) is 0 Å². The number of nitrogens with two attached hydrogens (primary N) is 1. The fourth-order valence-electron chi connectivity index (χ4n) is 4.47. The van der Waals surface area contributed by atoms with Crippen LogP contribution >= 0.6 is 0 Å². The van der Waals surface area contributed by atoms with Crippen molar-refractivity contribution in [1.29, 1.82) is 0 Å². The van der Waals surface area contributed by atoms with Gasteiger partial charge in [-0.1, -0.05) is 24.6 Å². The third-order valence-electron chi connectivity index (χ3n) is 5.32. The number of fused-ring (bicyclic) bond motifs is 2. The molecule has 0 spiro atoms. The standard InChI is InChI=1S/C17H26N2/c1-12-4-3-5-15(10-18)17(12)19(2)11-16-9-13-6-7-14(16)8-13/h3-5,13-14,16H,6-11,18H2,1-2H3. The minimum Gasteiger partial charge on any atom is -0.374 e. The number of anilines is 1. The van der Waals surface area contributed by atoms with Gasteiger partial charge in [-0.05, 0) is 55.1 Å².